The molecule has 1 aliphatic carbocycles. The number of anilines is 1. The van der Waals surface area contributed by atoms with Crippen molar-refractivity contribution in [1.82, 2.24) is 5.32 Å². The zero-order chi connectivity index (χ0) is 21.1. The topological polar surface area (TPSA) is 61.4 Å². The Hall–Kier alpha value is -2.53. The monoisotopic (exact) mass is 440 g/mol. The number of aryl methyl sites for hydroxylation is 1. The predicted octanol–water partition coefficient (Wildman–Crippen LogP) is 5.83. The van der Waals surface area contributed by atoms with E-state index in [9.17, 15) is 9.90 Å². The van der Waals surface area contributed by atoms with Crippen LogP contribution in [0.5, 0.6) is 0 Å². The van der Waals surface area contributed by atoms with Gasteiger partial charge in [0.15, 0.2) is 0 Å². The largest absolute Gasteiger partial charge is 0.393 e. The van der Waals surface area contributed by atoms with E-state index in [-0.39, 0.29) is 12.1 Å². The summed E-state index contributed by atoms with van der Waals surface area (Å²) in [5.41, 5.74) is 5.85. The van der Waals surface area contributed by atoms with E-state index in [2.05, 4.69) is 16.7 Å². The molecule has 0 aromatic heterocycles. The predicted molar refractivity (Wildman–Crippen MR) is 122 cm³/mol. The second-order valence-corrected chi connectivity index (χ2v) is 8.31. The Bertz CT molecular complexity index is 1070. The first-order chi connectivity index (χ1) is 14.5. The van der Waals surface area contributed by atoms with Gasteiger partial charge in [0, 0.05) is 34.3 Å². The number of carbonyl (C=O) groups is 1. The molecule has 0 fully saturated rings. The number of amides is 2. The van der Waals surface area contributed by atoms with Gasteiger partial charge >= 0.3 is 6.03 Å². The molecule has 6 heteroatoms. The molecule has 3 N–H and O–H groups in total. The van der Waals surface area contributed by atoms with Crippen LogP contribution in [0.1, 0.15) is 23.1 Å². The molecule has 154 valence electrons. The smallest absolute Gasteiger partial charge is 0.319 e. The number of aliphatic hydroxyl groups excluding tert-OH is 1. The number of benzene rings is 3. The molecule has 0 heterocycles. The van der Waals surface area contributed by atoms with E-state index in [1.807, 2.05) is 48.5 Å². The lowest BCUT2D eigenvalue weighted by atomic mass is 9.88. The quantitative estimate of drug-likeness (QED) is 0.477. The van der Waals surface area contributed by atoms with Crippen LogP contribution in [0.4, 0.5) is 10.5 Å². The maximum atomic E-state index is 12.4. The Balaban J connectivity index is 1.38. The van der Waals surface area contributed by atoms with E-state index in [0.29, 0.717) is 23.0 Å². The molecule has 0 spiro atoms. The molecule has 0 saturated heterocycles. The molecule has 4 rings (SSSR count). The summed E-state index contributed by atoms with van der Waals surface area (Å²) in [5, 5.41) is 17.0. The standard InChI is InChI=1S/C24H22Cl2N2O2/c25-18-9-11-20(22(26)12-18)17-6-4-15(5-7-17)14-27-24(30)28-23-3-1-2-16-8-10-19(29)13-21(16)23/h1-7,9,11-12,19,29H,8,10,13-14H2,(H2,27,28,30). The molecule has 3 aromatic carbocycles. The molecular formula is C24H22Cl2N2O2. The van der Waals surface area contributed by atoms with Crippen molar-refractivity contribution in [3.8, 4) is 11.1 Å². The summed E-state index contributed by atoms with van der Waals surface area (Å²) in [6.07, 6.45) is 1.81. The van der Waals surface area contributed by atoms with Crippen molar-refractivity contribution in [2.75, 3.05) is 5.32 Å². The number of halogens is 2. The summed E-state index contributed by atoms with van der Waals surface area (Å²) in [5.74, 6) is 0. The van der Waals surface area contributed by atoms with Gasteiger partial charge in [0.1, 0.15) is 0 Å². The second kappa shape index (κ2) is 9.09. The van der Waals surface area contributed by atoms with Gasteiger partial charge in [0.2, 0.25) is 0 Å². The molecule has 0 saturated carbocycles. The minimum absolute atomic E-state index is 0.270. The van der Waals surface area contributed by atoms with Gasteiger partial charge in [-0.15, -0.1) is 0 Å². The average Bonchev–Trinajstić information content (AvgIpc) is 2.73. The maximum absolute atomic E-state index is 12.4. The average molecular weight is 441 g/mol. The Labute approximate surface area is 185 Å². The molecule has 1 atom stereocenters. The second-order valence-electron chi connectivity index (χ2n) is 7.47. The number of carbonyl (C=O) groups excluding carboxylic acids is 1. The first kappa shape index (κ1) is 20.7. The van der Waals surface area contributed by atoms with Crippen LogP contribution in [0, 0.1) is 0 Å². The van der Waals surface area contributed by atoms with Crippen LogP contribution in [-0.2, 0) is 19.4 Å². The number of rotatable bonds is 4. The fourth-order valence-electron chi connectivity index (χ4n) is 3.76. The summed E-state index contributed by atoms with van der Waals surface area (Å²) >= 11 is 12.2. The van der Waals surface area contributed by atoms with Crippen LogP contribution in [0.25, 0.3) is 11.1 Å². The third-order valence-electron chi connectivity index (χ3n) is 5.36. The van der Waals surface area contributed by atoms with Gasteiger partial charge in [-0.25, -0.2) is 4.79 Å². The highest BCUT2D eigenvalue weighted by molar-refractivity contribution is 6.36. The molecule has 4 nitrogen and oxygen atoms in total. The molecule has 2 amide bonds. The first-order valence-electron chi connectivity index (χ1n) is 9.87. The van der Waals surface area contributed by atoms with Crippen molar-refractivity contribution in [2.45, 2.75) is 31.9 Å². The molecule has 3 aromatic rings. The number of hydrogen-bond donors (Lipinski definition) is 3. The van der Waals surface area contributed by atoms with Crippen LogP contribution >= 0.6 is 23.2 Å². The first-order valence-corrected chi connectivity index (χ1v) is 10.6. The SMILES string of the molecule is O=C(NCc1ccc(-c2ccc(Cl)cc2Cl)cc1)Nc1cccc2c1CC(O)CC2. The Kier molecular flexibility index (Phi) is 6.28. The van der Waals surface area contributed by atoms with Crippen molar-refractivity contribution in [3.05, 3.63) is 87.4 Å². The minimum Gasteiger partial charge on any atom is -0.393 e. The van der Waals surface area contributed by atoms with E-state index >= 15 is 0 Å². The van der Waals surface area contributed by atoms with Crippen molar-refractivity contribution in [1.29, 1.82) is 0 Å². The number of aliphatic hydroxyl groups is 1. The summed E-state index contributed by atoms with van der Waals surface area (Å²) in [7, 11) is 0. The Morgan fingerprint density at radius 3 is 2.63 bits per heavy atom. The Morgan fingerprint density at radius 2 is 1.87 bits per heavy atom. The van der Waals surface area contributed by atoms with Gasteiger partial charge in [0.05, 0.1) is 6.10 Å². The molecular weight excluding hydrogens is 419 g/mol. The molecule has 0 bridgehead atoms. The highest BCUT2D eigenvalue weighted by atomic mass is 35.5. The fraction of sp³-hybridized carbons (Fsp3) is 0.208. The van der Waals surface area contributed by atoms with E-state index in [1.165, 1.54) is 5.56 Å². The normalized spacial score (nSPS) is 15.4. The van der Waals surface area contributed by atoms with Gasteiger partial charge in [0.25, 0.3) is 0 Å². The maximum Gasteiger partial charge on any atom is 0.319 e. The van der Waals surface area contributed by atoms with Crippen LogP contribution < -0.4 is 10.6 Å². The van der Waals surface area contributed by atoms with Crippen LogP contribution in [0.15, 0.2) is 60.7 Å². The third kappa shape index (κ3) is 4.78. The Morgan fingerprint density at radius 1 is 1.07 bits per heavy atom. The van der Waals surface area contributed by atoms with E-state index in [4.69, 9.17) is 23.2 Å². The minimum atomic E-state index is -0.351. The summed E-state index contributed by atoms with van der Waals surface area (Å²) in [6, 6.07) is 18.9. The molecule has 0 radical (unpaired) electrons. The van der Waals surface area contributed by atoms with Gasteiger partial charge in [-0.05, 0) is 53.3 Å². The lowest BCUT2D eigenvalue weighted by Crippen LogP contribution is -2.29. The zero-order valence-electron chi connectivity index (χ0n) is 16.3. The highest BCUT2D eigenvalue weighted by Crippen LogP contribution is 2.30. The van der Waals surface area contributed by atoms with Gasteiger partial charge in [-0.1, -0.05) is 65.7 Å². The van der Waals surface area contributed by atoms with E-state index in [1.54, 1.807) is 6.07 Å². The number of urea groups is 1. The van der Waals surface area contributed by atoms with Gasteiger partial charge < -0.3 is 15.7 Å². The van der Waals surface area contributed by atoms with E-state index in [0.717, 1.165) is 40.8 Å². The highest BCUT2D eigenvalue weighted by Gasteiger charge is 2.19. The molecule has 1 aliphatic rings. The summed E-state index contributed by atoms with van der Waals surface area (Å²) < 4.78 is 0. The van der Waals surface area contributed by atoms with Crippen molar-refractivity contribution >= 4 is 34.9 Å². The van der Waals surface area contributed by atoms with Crippen LogP contribution in [-0.4, -0.2) is 17.2 Å². The van der Waals surface area contributed by atoms with Gasteiger partial charge in [-0.3, -0.25) is 0 Å². The third-order valence-corrected chi connectivity index (χ3v) is 5.90. The van der Waals surface area contributed by atoms with Crippen molar-refractivity contribution in [3.63, 3.8) is 0 Å². The lowest BCUT2D eigenvalue weighted by Gasteiger charge is -2.23. The van der Waals surface area contributed by atoms with Crippen molar-refractivity contribution in [2.24, 2.45) is 0 Å². The summed E-state index contributed by atoms with van der Waals surface area (Å²) in [6.45, 7) is 0.401. The van der Waals surface area contributed by atoms with Gasteiger partial charge in [-0.2, -0.15) is 0 Å². The van der Waals surface area contributed by atoms with Crippen molar-refractivity contribution < 1.29 is 9.90 Å². The molecule has 30 heavy (non-hydrogen) atoms. The van der Waals surface area contributed by atoms with Crippen LogP contribution in [0.2, 0.25) is 10.0 Å². The summed E-state index contributed by atoms with van der Waals surface area (Å²) in [4.78, 5) is 12.4. The van der Waals surface area contributed by atoms with Crippen LogP contribution in [0.3, 0.4) is 0 Å². The number of fused-ring (bicyclic) bond motifs is 1. The molecule has 1 unspecified atom stereocenters. The van der Waals surface area contributed by atoms with E-state index < -0.39 is 0 Å². The fourth-order valence-corrected chi connectivity index (χ4v) is 4.28. The number of hydrogen-bond acceptors (Lipinski definition) is 2. The zero-order valence-corrected chi connectivity index (χ0v) is 17.8. The number of nitrogens with one attached hydrogen (secondary N) is 2. The molecule has 0 aliphatic heterocycles. The lowest BCUT2D eigenvalue weighted by molar-refractivity contribution is 0.159.